The molecule has 5 heterocycles. The van der Waals surface area contributed by atoms with Crippen LogP contribution in [0.4, 0.5) is 5.82 Å². The van der Waals surface area contributed by atoms with Gasteiger partial charge in [-0.2, -0.15) is 0 Å². The van der Waals surface area contributed by atoms with Crippen molar-refractivity contribution in [3.8, 4) is 11.4 Å². The van der Waals surface area contributed by atoms with E-state index in [-0.39, 0.29) is 5.91 Å². The number of anilines is 1. The van der Waals surface area contributed by atoms with E-state index >= 15 is 0 Å². The number of pyridine rings is 1. The van der Waals surface area contributed by atoms with E-state index in [9.17, 15) is 4.79 Å². The predicted molar refractivity (Wildman–Crippen MR) is 107 cm³/mol. The maximum absolute atomic E-state index is 11.9. The molecule has 3 aliphatic heterocycles. The van der Waals surface area contributed by atoms with Crippen LogP contribution in [0.2, 0.25) is 0 Å². The Bertz CT molecular complexity index is 886. The number of piperazine rings is 1. The Balaban J connectivity index is 1.55. The molecule has 0 radical (unpaired) electrons. The molecule has 2 aromatic heterocycles. The molecule has 0 aliphatic carbocycles. The van der Waals surface area contributed by atoms with Gasteiger partial charge in [0.15, 0.2) is 5.82 Å². The van der Waals surface area contributed by atoms with E-state index < -0.39 is 0 Å². The standard InChI is InChI=1S/C21H26N6O/c1-15(28)26-9-6-18-19(14-26)23-20(16-4-2-7-22-12-16)24-21(18)27-11-10-25-8-3-5-17(25)13-27/h2,4,7,12,17H,3,5-6,8-11,13-14H2,1H3/t17-/m1/s1. The number of amides is 1. The van der Waals surface area contributed by atoms with Crippen molar-refractivity contribution in [3.63, 3.8) is 0 Å². The second-order valence-corrected chi connectivity index (χ2v) is 8.01. The van der Waals surface area contributed by atoms with Crippen LogP contribution in [0.15, 0.2) is 24.5 Å². The third-order valence-electron chi connectivity index (χ3n) is 6.30. The van der Waals surface area contributed by atoms with E-state index in [1.165, 1.54) is 24.9 Å². The van der Waals surface area contributed by atoms with Gasteiger partial charge in [0.1, 0.15) is 5.82 Å². The quantitative estimate of drug-likeness (QED) is 0.793. The second-order valence-electron chi connectivity index (χ2n) is 8.01. The summed E-state index contributed by atoms with van der Waals surface area (Å²) < 4.78 is 0. The van der Waals surface area contributed by atoms with Gasteiger partial charge in [-0.25, -0.2) is 9.97 Å². The lowest BCUT2D eigenvalue weighted by atomic mass is 10.0. The van der Waals surface area contributed by atoms with Gasteiger partial charge in [0.2, 0.25) is 5.91 Å². The molecule has 0 bridgehead atoms. The highest BCUT2D eigenvalue weighted by atomic mass is 16.2. The van der Waals surface area contributed by atoms with Crippen molar-refractivity contribution in [3.05, 3.63) is 35.8 Å². The van der Waals surface area contributed by atoms with E-state index in [1.807, 2.05) is 23.2 Å². The van der Waals surface area contributed by atoms with Gasteiger partial charge >= 0.3 is 0 Å². The Morgan fingerprint density at radius 2 is 2.11 bits per heavy atom. The van der Waals surface area contributed by atoms with Gasteiger partial charge in [0, 0.05) is 62.7 Å². The fourth-order valence-corrected chi connectivity index (χ4v) is 4.75. The SMILES string of the molecule is CC(=O)N1CCc2c(nc(-c3cccnc3)nc2N2CCN3CCC[C@@H]3C2)C1. The van der Waals surface area contributed by atoms with E-state index in [1.54, 1.807) is 13.1 Å². The maximum Gasteiger partial charge on any atom is 0.219 e. The van der Waals surface area contributed by atoms with E-state index in [0.29, 0.717) is 18.4 Å². The minimum absolute atomic E-state index is 0.105. The van der Waals surface area contributed by atoms with Gasteiger partial charge < -0.3 is 9.80 Å². The van der Waals surface area contributed by atoms with Crippen molar-refractivity contribution < 1.29 is 4.79 Å². The van der Waals surface area contributed by atoms with Crippen LogP contribution in [0, 0.1) is 0 Å². The Labute approximate surface area is 165 Å². The molecule has 1 atom stereocenters. The number of hydrogen-bond donors (Lipinski definition) is 0. The lowest BCUT2D eigenvalue weighted by molar-refractivity contribution is -0.129. The lowest BCUT2D eigenvalue weighted by Gasteiger charge is -2.40. The first kappa shape index (κ1) is 17.6. The summed E-state index contributed by atoms with van der Waals surface area (Å²) in [5.41, 5.74) is 3.13. The highest BCUT2D eigenvalue weighted by molar-refractivity contribution is 5.74. The van der Waals surface area contributed by atoms with Gasteiger partial charge in [-0.15, -0.1) is 0 Å². The number of carbonyl (C=O) groups is 1. The van der Waals surface area contributed by atoms with Crippen molar-refractivity contribution in [2.24, 2.45) is 0 Å². The molecule has 5 rings (SSSR count). The summed E-state index contributed by atoms with van der Waals surface area (Å²) in [6.45, 7) is 7.31. The Hall–Kier alpha value is -2.54. The number of aromatic nitrogens is 3. The zero-order valence-corrected chi connectivity index (χ0v) is 16.3. The van der Waals surface area contributed by atoms with Crippen molar-refractivity contribution in [2.45, 2.75) is 38.8 Å². The normalized spacial score (nSPS) is 22.1. The number of rotatable bonds is 2. The molecule has 3 aliphatic rings. The second kappa shape index (κ2) is 7.13. The molecule has 146 valence electrons. The summed E-state index contributed by atoms with van der Waals surface area (Å²) in [6.07, 6.45) is 6.97. The maximum atomic E-state index is 11.9. The Morgan fingerprint density at radius 3 is 2.93 bits per heavy atom. The molecule has 7 nitrogen and oxygen atoms in total. The summed E-state index contributed by atoms with van der Waals surface area (Å²) in [7, 11) is 0. The zero-order chi connectivity index (χ0) is 19.1. The molecule has 2 saturated heterocycles. The minimum Gasteiger partial charge on any atom is -0.353 e. The first-order chi connectivity index (χ1) is 13.7. The summed E-state index contributed by atoms with van der Waals surface area (Å²) >= 11 is 0. The molecule has 28 heavy (non-hydrogen) atoms. The molecule has 7 heteroatoms. The smallest absolute Gasteiger partial charge is 0.219 e. The first-order valence-electron chi connectivity index (χ1n) is 10.2. The largest absolute Gasteiger partial charge is 0.353 e. The minimum atomic E-state index is 0.105. The fraction of sp³-hybridized carbons (Fsp3) is 0.524. The lowest BCUT2D eigenvalue weighted by Crippen LogP contribution is -2.51. The summed E-state index contributed by atoms with van der Waals surface area (Å²) in [4.78, 5) is 33.0. The van der Waals surface area contributed by atoms with Gasteiger partial charge in [-0.05, 0) is 37.9 Å². The van der Waals surface area contributed by atoms with Crippen LogP contribution >= 0.6 is 0 Å². The van der Waals surface area contributed by atoms with Crippen molar-refractivity contribution in [1.29, 1.82) is 0 Å². The van der Waals surface area contributed by atoms with Crippen LogP contribution in [-0.2, 0) is 17.8 Å². The number of nitrogens with zero attached hydrogens (tertiary/aromatic N) is 6. The predicted octanol–water partition coefficient (Wildman–Crippen LogP) is 1.73. The Kier molecular flexibility index (Phi) is 4.47. The van der Waals surface area contributed by atoms with Gasteiger partial charge in [0.25, 0.3) is 0 Å². The third kappa shape index (κ3) is 3.13. The molecule has 0 unspecified atom stereocenters. The van der Waals surface area contributed by atoms with Gasteiger partial charge in [0.05, 0.1) is 12.2 Å². The number of carbonyl (C=O) groups excluding carboxylic acids is 1. The summed E-state index contributed by atoms with van der Waals surface area (Å²) in [5, 5.41) is 0. The van der Waals surface area contributed by atoms with Crippen molar-refractivity contribution in [1.82, 2.24) is 24.8 Å². The van der Waals surface area contributed by atoms with Crippen LogP contribution < -0.4 is 4.90 Å². The van der Waals surface area contributed by atoms with E-state index in [0.717, 1.165) is 49.7 Å². The molecular weight excluding hydrogens is 352 g/mol. The van der Waals surface area contributed by atoms with Crippen LogP contribution in [0.1, 0.15) is 31.0 Å². The van der Waals surface area contributed by atoms with Gasteiger partial charge in [-0.1, -0.05) is 0 Å². The van der Waals surface area contributed by atoms with Crippen LogP contribution in [0.3, 0.4) is 0 Å². The van der Waals surface area contributed by atoms with Gasteiger partial charge in [-0.3, -0.25) is 14.7 Å². The van der Waals surface area contributed by atoms with Crippen molar-refractivity contribution >= 4 is 11.7 Å². The van der Waals surface area contributed by atoms with Crippen molar-refractivity contribution in [2.75, 3.05) is 37.6 Å². The van der Waals surface area contributed by atoms with Crippen LogP contribution in [0.5, 0.6) is 0 Å². The molecule has 0 spiro atoms. The molecule has 1 amide bonds. The molecule has 0 N–H and O–H groups in total. The van der Waals surface area contributed by atoms with Crippen LogP contribution in [0.25, 0.3) is 11.4 Å². The highest BCUT2D eigenvalue weighted by Gasteiger charge is 2.33. The highest BCUT2D eigenvalue weighted by Crippen LogP contribution is 2.32. The monoisotopic (exact) mass is 378 g/mol. The van der Waals surface area contributed by atoms with E-state index in [4.69, 9.17) is 9.97 Å². The van der Waals surface area contributed by atoms with Crippen LogP contribution in [-0.4, -0.2) is 69.4 Å². The molecule has 2 aromatic rings. The molecule has 0 aromatic carbocycles. The first-order valence-corrected chi connectivity index (χ1v) is 10.2. The molecule has 2 fully saturated rings. The van der Waals surface area contributed by atoms with E-state index in [2.05, 4.69) is 14.8 Å². The average molecular weight is 378 g/mol. The topological polar surface area (TPSA) is 65.5 Å². The third-order valence-corrected chi connectivity index (χ3v) is 6.30. The number of fused-ring (bicyclic) bond motifs is 2. The Morgan fingerprint density at radius 1 is 1.18 bits per heavy atom. The fourth-order valence-electron chi connectivity index (χ4n) is 4.75. The average Bonchev–Trinajstić information content (AvgIpc) is 3.21. The molecule has 0 saturated carbocycles. The number of hydrogen-bond acceptors (Lipinski definition) is 6. The summed E-state index contributed by atoms with van der Waals surface area (Å²) in [6, 6.07) is 4.55. The summed E-state index contributed by atoms with van der Waals surface area (Å²) in [5.74, 6) is 1.88. The zero-order valence-electron chi connectivity index (χ0n) is 16.3. The molecular formula is C21H26N6O.